The number of carbonyl (C=O) groups excluding carboxylic acids is 2. The van der Waals surface area contributed by atoms with E-state index < -0.39 is 20.3 Å². The Morgan fingerprint density at radius 2 is 1.34 bits per heavy atom. The highest BCUT2D eigenvalue weighted by Crippen LogP contribution is 2.26. The number of terminal acetylenes is 1. The van der Waals surface area contributed by atoms with E-state index in [0.29, 0.717) is 5.69 Å². The monoisotopic (exact) mass is 542 g/mol. The van der Waals surface area contributed by atoms with Gasteiger partial charge in [-0.3, -0.25) is 9.59 Å². The molecule has 0 saturated heterocycles. The van der Waals surface area contributed by atoms with E-state index in [4.69, 9.17) is 9.59 Å². The lowest BCUT2D eigenvalue weighted by molar-refractivity contribution is 0.266. The van der Waals surface area contributed by atoms with Crippen LogP contribution in [0.4, 0.5) is 9.59 Å². The van der Waals surface area contributed by atoms with Gasteiger partial charge in [-0.25, -0.2) is 13.1 Å². The lowest BCUT2D eigenvalue weighted by Gasteiger charge is -2.11. The van der Waals surface area contributed by atoms with Crippen LogP contribution in [-0.2, 0) is 9.84 Å². The molecule has 0 saturated carbocycles. The predicted molar refractivity (Wildman–Crippen MR) is 151 cm³/mol. The second-order valence-electron chi connectivity index (χ2n) is 5.70. The first-order chi connectivity index (χ1) is 14.9. The maximum Gasteiger partial charge on any atom is 0.273 e. The van der Waals surface area contributed by atoms with Crippen LogP contribution in [0.15, 0.2) is 71.8 Å². The van der Waals surface area contributed by atoms with E-state index in [-0.39, 0.29) is 25.2 Å². The van der Waals surface area contributed by atoms with Gasteiger partial charge in [-0.15, -0.1) is 12.3 Å². The third-order valence-electron chi connectivity index (χ3n) is 3.21. The van der Waals surface area contributed by atoms with Gasteiger partial charge in [0.25, 0.3) is 10.5 Å². The van der Waals surface area contributed by atoms with Crippen molar-refractivity contribution in [1.29, 1.82) is 0 Å². The molecular weight excluding hydrogens is 508 g/mol. The maximum atomic E-state index is 12.0. The number of rotatable bonds is 3. The Bertz CT molecular complexity index is 1140. The van der Waals surface area contributed by atoms with E-state index in [0.717, 1.165) is 11.3 Å². The zero-order valence-electron chi connectivity index (χ0n) is 17.9. The van der Waals surface area contributed by atoms with Gasteiger partial charge in [0, 0.05) is 11.8 Å². The van der Waals surface area contributed by atoms with Crippen LogP contribution in [0.2, 0.25) is 0 Å². The van der Waals surface area contributed by atoms with E-state index in [1.54, 1.807) is 42.1 Å². The molecule has 0 aliphatic carbocycles. The highest BCUT2D eigenvalue weighted by atomic mass is 32.2. The molecule has 2 amide bonds. The quantitative estimate of drug-likeness (QED) is 0.289. The Kier molecular flexibility index (Phi) is 22.5. The molecule has 0 aliphatic heterocycles. The van der Waals surface area contributed by atoms with Crippen LogP contribution < -0.4 is 11.5 Å². The predicted octanol–water partition coefficient (Wildman–Crippen LogP) is 4.02. The topological polar surface area (TPSA) is 170 Å². The van der Waals surface area contributed by atoms with E-state index in [1.165, 1.54) is 6.26 Å². The highest BCUT2D eigenvalue weighted by molar-refractivity contribution is 7.96. The molecule has 0 fully saturated rings. The van der Waals surface area contributed by atoms with Crippen molar-refractivity contribution >= 4 is 45.6 Å². The van der Waals surface area contributed by atoms with Crippen LogP contribution >= 0.6 is 25.3 Å². The van der Waals surface area contributed by atoms with Crippen molar-refractivity contribution in [2.75, 3.05) is 6.26 Å². The first kappa shape index (κ1) is 39.0. The van der Waals surface area contributed by atoms with Gasteiger partial charge < -0.3 is 16.9 Å². The molecule has 9 nitrogen and oxygen atoms in total. The third kappa shape index (κ3) is 16.1. The second-order valence-corrected chi connectivity index (χ2v) is 8.57. The fraction of sp³-hybridized carbons (Fsp3) is 0.174. The van der Waals surface area contributed by atoms with E-state index in [9.17, 15) is 8.42 Å². The number of thiol groups is 2. The van der Waals surface area contributed by atoms with Gasteiger partial charge in [-0.1, -0.05) is 82.6 Å². The Hall–Kier alpha value is -3.24. The van der Waals surface area contributed by atoms with Crippen LogP contribution in [0.5, 0.6) is 0 Å². The molecule has 0 aliphatic rings. The summed E-state index contributed by atoms with van der Waals surface area (Å²) in [7, 11) is -3.32. The van der Waals surface area contributed by atoms with Crippen molar-refractivity contribution in [2.24, 2.45) is 11.5 Å². The largest absolute Gasteiger partial charge is 0.412 e. The summed E-state index contributed by atoms with van der Waals surface area (Å²) < 4.78 is 25.6. The number of sulfone groups is 1. The summed E-state index contributed by atoms with van der Waals surface area (Å²) in [5.74, 6) is 2.25. The molecule has 6 N–H and O–H groups in total. The third-order valence-corrected chi connectivity index (χ3v) is 4.35. The summed E-state index contributed by atoms with van der Waals surface area (Å²) in [4.78, 5) is 18.4. The minimum atomic E-state index is -3.32. The van der Waals surface area contributed by atoms with Crippen molar-refractivity contribution in [3.63, 3.8) is 0 Å². The molecule has 1 aromatic heterocycles. The first-order valence-corrected chi connectivity index (χ1v) is 11.5. The maximum absolute atomic E-state index is 12.0. The zero-order chi connectivity index (χ0) is 24.7. The molecule has 3 aromatic rings. The van der Waals surface area contributed by atoms with Gasteiger partial charge in [-0.05, 0) is 25.1 Å². The smallest absolute Gasteiger partial charge is 0.273 e. The number of amides is 2. The van der Waals surface area contributed by atoms with Crippen LogP contribution in [0.1, 0.15) is 21.8 Å². The van der Waals surface area contributed by atoms with Gasteiger partial charge in [-0.2, -0.15) is 5.10 Å². The summed E-state index contributed by atoms with van der Waals surface area (Å²) in [6.07, 6.45) is 7.47. The lowest BCUT2D eigenvalue weighted by atomic mass is 10.1. The number of nitrogens with zero attached hydrogens (tertiary/aromatic N) is 2. The summed E-state index contributed by atoms with van der Waals surface area (Å²) in [6, 6.07) is 18.5. The van der Waals surface area contributed by atoms with Gasteiger partial charge in [0.05, 0.1) is 22.5 Å². The number of carbonyl (C=O) groups is 2. The van der Waals surface area contributed by atoms with E-state index >= 15 is 0 Å². The molecule has 0 atom stereocenters. The molecule has 12 heteroatoms. The van der Waals surface area contributed by atoms with Crippen LogP contribution in [0.3, 0.4) is 0 Å². The Balaban J connectivity index is -0.000000294. The number of aromatic nitrogens is 2. The average molecular weight is 543 g/mol. The second kappa shape index (κ2) is 20.2. The zero-order valence-corrected chi connectivity index (χ0v) is 20.5. The minimum Gasteiger partial charge on any atom is -0.412 e. The Morgan fingerprint density at radius 1 is 0.943 bits per heavy atom. The van der Waals surface area contributed by atoms with Gasteiger partial charge in [0.2, 0.25) is 0 Å². The fourth-order valence-corrected chi connectivity index (χ4v) is 3.13. The van der Waals surface area contributed by atoms with Crippen LogP contribution in [0, 0.1) is 12.3 Å². The average Bonchev–Trinajstić information content (AvgIpc) is 3.17. The molecule has 0 spiro atoms. The van der Waals surface area contributed by atoms with Crippen molar-refractivity contribution in [2.45, 2.75) is 26.7 Å². The Morgan fingerprint density at radius 3 is 1.77 bits per heavy atom. The van der Waals surface area contributed by atoms with Crippen LogP contribution in [-0.4, -0.2) is 40.4 Å². The number of benzene rings is 2. The molecular formula is C23H34N4O5S3. The Labute approximate surface area is 219 Å². The summed E-state index contributed by atoms with van der Waals surface area (Å²) >= 11 is 6.21. The normalized spacial score (nSPS) is 8.54. The van der Waals surface area contributed by atoms with E-state index in [2.05, 4.69) is 54.2 Å². The SMILES string of the molecule is C.C.C#CC.CS(=O)(=O)c1ccccc1-n1nccc1-c1ccccc1.NC(=O)S.NC(=O)S.O. The lowest BCUT2D eigenvalue weighted by Crippen LogP contribution is -2.07. The summed E-state index contributed by atoms with van der Waals surface area (Å²) in [5.41, 5.74) is 11.1. The molecule has 2 aromatic carbocycles. The molecule has 0 unspecified atom stereocenters. The number of nitrogens with two attached hydrogens (primary N) is 2. The first-order valence-electron chi connectivity index (χ1n) is 8.68. The molecule has 35 heavy (non-hydrogen) atoms. The molecule has 0 bridgehead atoms. The van der Waals surface area contributed by atoms with Gasteiger partial charge in [0.15, 0.2) is 9.84 Å². The summed E-state index contributed by atoms with van der Waals surface area (Å²) in [6.45, 7) is 1.65. The van der Waals surface area contributed by atoms with Crippen molar-refractivity contribution in [3.05, 3.63) is 66.9 Å². The minimum absolute atomic E-state index is 0. The van der Waals surface area contributed by atoms with Crippen molar-refractivity contribution in [1.82, 2.24) is 9.78 Å². The van der Waals surface area contributed by atoms with E-state index in [1.807, 2.05) is 36.4 Å². The standard InChI is InChI=1S/C16H14N2O2S.C3H4.2CH3NOS.2CH4.H2O/c1-21(19,20)16-10-6-5-9-15(16)18-14(11-12-17-18)13-7-3-2-4-8-13;1-3-2;2*2-1(3)4;;;/h2-12H,1H3;1H,2H3;2*(H3,2,3,4);2*1H4;1H2. The van der Waals surface area contributed by atoms with Gasteiger partial charge in [0.1, 0.15) is 0 Å². The number of para-hydroxylation sites is 1. The number of hydrogen-bond donors (Lipinski definition) is 4. The molecule has 3 rings (SSSR count). The van der Waals surface area contributed by atoms with Crippen molar-refractivity contribution in [3.8, 4) is 29.3 Å². The molecule has 1 heterocycles. The summed E-state index contributed by atoms with van der Waals surface area (Å²) in [5, 5.41) is 3.01. The number of hydrogen-bond acceptors (Lipinski definition) is 5. The number of primary amides is 2. The molecule has 0 radical (unpaired) electrons. The van der Waals surface area contributed by atoms with Crippen LogP contribution in [0.25, 0.3) is 16.9 Å². The highest BCUT2D eigenvalue weighted by Gasteiger charge is 2.16. The fourth-order valence-electron chi connectivity index (χ4n) is 2.27. The van der Waals surface area contributed by atoms with Gasteiger partial charge >= 0.3 is 0 Å². The molecule has 194 valence electrons. The van der Waals surface area contributed by atoms with Crippen molar-refractivity contribution < 1.29 is 23.5 Å².